The molecule has 0 saturated heterocycles. The maximum absolute atomic E-state index is 12.7. The van der Waals surface area contributed by atoms with Gasteiger partial charge in [0.05, 0.1) is 6.42 Å². The first-order chi connectivity index (χ1) is 16.6. The maximum atomic E-state index is 12.7. The van der Waals surface area contributed by atoms with Crippen molar-refractivity contribution < 1.29 is 9.59 Å². The minimum absolute atomic E-state index is 0.144. The summed E-state index contributed by atoms with van der Waals surface area (Å²) in [5.41, 5.74) is 9.13. The van der Waals surface area contributed by atoms with Gasteiger partial charge in [-0.15, -0.1) is 0 Å². The SMILES string of the molecule is NC(=O)/C(=C/c1c[nH]c2nc(NC(=O)Cc3cccc4ccccc34)ccc12)c1ccccc1. The number of benzene rings is 3. The summed E-state index contributed by atoms with van der Waals surface area (Å²) in [5.74, 6) is -0.200. The molecular formula is C28H22N4O2. The summed E-state index contributed by atoms with van der Waals surface area (Å²) in [6.45, 7) is 0. The molecule has 0 aliphatic carbocycles. The first-order valence-corrected chi connectivity index (χ1v) is 10.9. The molecule has 6 heteroatoms. The summed E-state index contributed by atoms with van der Waals surface area (Å²) in [5, 5.41) is 5.87. The number of nitrogens with one attached hydrogen (secondary N) is 2. The molecule has 2 amide bonds. The molecule has 166 valence electrons. The summed E-state index contributed by atoms with van der Waals surface area (Å²) < 4.78 is 0. The van der Waals surface area contributed by atoms with Crippen LogP contribution in [0.15, 0.2) is 91.1 Å². The third-order valence-corrected chi connectivity index (χ3v) is 5.72. The highest BCUT2D eigenvalue weighted by Gasteiger charge is 2.12. The highest BCUT2D eigenvalue weighted by atomic mass is 16.2. The number of amides is 2. The third kappa shape index (κ3) is 4.29. The Bertz CT molecular complexity index is 1550. The second kappa shape index (κ2) is 9.03. The van der Waals surface area contributed by atoms with E-state index in [0.717, 1.165) is 32.8 Å². The Morgan fingerprint density at radius 2 is 1.65 bits per heavy atom. The van der Waals surface area contributed by atoms with Crippen molar-refractivity contribution in [2.24, 2.45) is 5.73 Å². The number of H-pyrrole nitrogens is 1. The number of nitrogens with zero attached hydrogens (tertiary/aromatic N) is 1. The van der Waals surface area contributed by atoms with E-state index in [1.54, 1.807) is 18.3 Å². The first-order valence-electron chi connectivity index (χ1n) is 10.9. The molecule has 0 bridgehead atoms. The fourth-order valence-electron chi connectivity index (χ4n) is 4.09. The minimum Gasteiger partial charge on any atom is -0.366 e. The number of nitrogens with two attached hydrogens (primary N) is 1. The molecule has 3 aromatic carbocycles. The second-order valence-electron chi connectivity index (χ2n) is 7.99. The lowest BCUT2D eigenvalue weighted by molar-refractivity contribution is -0.115. The van der Waals surface area contributed by atoms with Crippen LogP contribution >= 0.6 is 0 Å². The van der Waals surface area contributed by atoms with Gasteiger partial charge in [0.1, 0.15) is 11.5 Å². The van der Waals surface area contributed by atoms with Crippen LogP contribution in [0.2, 0.25) is 0 Å². The van der Waals surface area contributed by atoms with Crippen molar-refractivity contribution >= 4 is 51.1 Å². The number of hydrogen-bond acceptors (Lipinski definition) is 3. The van der Waals surface area contributed by atoms with Crippen molar-refractivity contribution in [2.75, 3.05) is 5.32 Å². The molecule has 0 radical (unpaired) electrons. The van der Waals surface area contributed by atoms with Crippen LogP contribution in [0.3, 0.4) is 0 Å². The van der Waals surface area contributed by atoms with Gasteiger partial charge in [0.2, 0.25) is 11.8 Å². The number of rotatable bonds is 6. The molecule has 0 atom stereocenters. The Kier molecular flexibility index (Phi) is 5.62. The molecule has 0 saturated carbocycles. The van der Waals surface area contributed by atoms with Crippen LogP contribution < -0.4 is 11.1 Å². The Morgan fingerprint density at radius 1 is 0.882 bits per heavy atom. The summed E-state index contributed by atoms with van der Waals surface area (Å²) in [6.07, 6.45) is 3.76. The number of fused-ring (bicyclic) bond motifs is 2. The Labute approximate surface area is 196 Å². The van der Waals surface area contributed by atoms with E-state index in [-0.39, 0.29) is 12.3 Å². The van der Waals surface area contributed by atoms with E-state index in [2.05, 4.69) is 15.3 Å². The number of carbonyl (C=O) groups excluding carboxylic acids is 2. The van der Waals surface area contributed by atoms with E-state index in [9.17, 15) is 9.59 Å². The molecule has 2 aromatic heterocycles. The Hall–Kier alpha value is -4.71. The Morgan fingerprint density at radius 3 is 2.47 bits per heavy atom. The molecule has 5 aromatic rings. The fourth-order valence-corrected chi connectivity index (χ4v) is 4.09. The molecule has 4 N–H and O–H groups in total. The smallest absolute Gasteiger partial charge is 0.249 e. The van der Waals surface area contributed by atoms with Crippen molar-refractivity contribution in [3.63, 3.8) is 0 Å². The quantitative estimate of drug-likeness (QED) is 0.323. The standard InChI is InChI=1S/C28H22N4O2/c29-27(34)24(19-7-2-1-3-8-19)15-21-17-30-28-23(21)13-14-25(32-28)31-26(33)16-20-11-6-10-18-9-4-5-12-22(18)20/h1-15,17H,16H2,(H2,29,34)(H2,30,31,32,33)/b24-15+. The lowest BCUT2D eigenvalue weighted by atomic mass is 10.0. The summed E-state index contributed by atoms with van der Waals surface area (Å²) >= 11 is 0. The summed E-state index contributed by atoms with van der Waals surface area (Å²) in [7, 11) is 0. The van der Waals surface area contributed by atoms with Gasteiger partial charge in [-0.25, -0.2) is 4.98 Å². The van der Waals surface area contributed by atoms with E-state index in [1.807, 2.05) is 78.9 Å². The molecule has 0 unspecified atom stereocenters. The largest absolute Gasteiger partial charge is 0.366 e. The number of anilines is 1. The molecule has 6 nitrogen and oxygen atoms in total. The second-order valence-corrected chi connectivity index (χ2v) is 7.99. The summed E-state index contributed by atoms with van der Waals surface area (Å²) in [4.78, 5) is 32.4. The van der Waals surface area contributed by atoms with E-state index >= 15 is 0 Å². The Balaban J connectivity index is 1.38. The van der Waals surface area contributed by atoms with Crippen LogP contribution in [-0.2, 0) is 16.0 Å². The zero-order valence-corrected chi connectivity index (χ0v) is 18.3. The van der Waals surface area contributed by atoms with Gasteiger partial charge in [0.25, 0.3) is 0 Å². The van der Waals surface area contributed by atoms with E-state index in [0.29, 0.717) is 17.0 Å². The third-order valence-electron chi connectivity index (χ3n) is 5.72. The van der Waals surface area contributed by atoms with Crippen LogP contribution in [0.1, 0.15) is 16.7 Å². The van der Waals surface area contributed by atoms with E-state index < -0.39 is 5.91 Å². The molecule has 0 spiro atoms. The topological polar surface area (TPSA) is 101 Å². The number of primary amides is 1. The van der Waals surface area contributed by atoms with Crippen LogP contribution in [-0.4, -0.2) is 21.8 Å². The van der Waals surface area contributed by atoms with Crippen LogP contribution in [0.5, 0.6) is 0 Å². The molecule has 34 heavy (non-hydrogen) atoms. The lowest BCUT2D eigenvalue weighted by Gasteiger charge is -2.08. The van der Waals surface area contributed by atoms with Crippen LogP contribution in [0, 0.1) is 0 Å². The van der Waals surface area contributed by atoms with Gasteiger partial charge >= 0.3 is 0 Å². The highest BCUT2D eigenvalue weighted by molar-refractivity contribution is 6.24. The van der Waals surface area contributed by atoms with E-state index in [4.69, 9.17) is 5.73 Å². The van der Waals surface area contributed by atoms with Crippen molar-refractivity contribution in [1.82, 2.24) is 9.97 Å². The van der Waals surface area contributed by atoms with Gasteiger partial charge in [0.15, 0.2) is 0 Å². The zero-order chi connectivity index (χ0) is 23.5. The lowest BCUT2D eigenvalue weighted by Crippen LogP contribution is -2.15. The van der Waals surface area contributed by atoms with Crippen LogP contribution in [0.4, 0.5) is 5.82 Å². The molecule has 0 fully saturated rings. The first kappa shape index (κ1) is 21.2. The van der Waals surface area contributed by atoms with Crippen molar-refractivity contribution in [2.45, 2.75) is 6.42 Å². The maximum Gasteiger partial charge on any atom is 0.249 e. The molecule has 0 aliphatic heterocycles. The molecule has 0 aliphatic rings. The predicted molar refractivity (Wildman–Crippen MR) is 136 cm³/mol. The van der Waals surface area contributed by atoms with Crippen molar-refractivity contribution in [3.8, 4) is 0 Å². The minimum atomic E-state index is -0.508. The van der Waals surface area contributed by atoms with Gasteiger partial charge in [-0.3, -0.25) is 9.59 Å². The molecular weight excluding hydrogens is 424 g/mol. The molecule has 5 rings (SSSR count). The number of aromatic amines is 1. The fraction of sp³-hybridized carbons (Fsp3) is 0.0357. The van der Waals surface area contributed by atoms with E-state index in [1.165, 1.54) is 0 Å². The zero-order valence-electron chi connectivity index (χ0n) is 18.3. The van der Waals surface area contributed by atoms with Crippen LogP contribution in [0.25, 0.3) is 33.5 Å². The average Bonchev–Trinajstić information content (AvgIpc) is 3.25. The average molecular weight is 447 g/mol. The van der Waals surface area contributed by atoms with Crippen molar-refractivity contribution in [1.29, 1.82) is 0 Å². The highest BCUT2D eigenvalue weighted by Crippen LogP contribution is 2.25. The number of hydrogen-bond donors (Lipinski definition) is 3. The van der Waals surface area contributed by atoms with Gasteiger partial charge in [-0.05, 0) is 40.1 Å². The van der Waals surface area contributed by atoms with Crippen molar-refractivity contribution in [3.05, 3.63) is 108 Å². The van der Waals surface area contributed by atoms with Gasteiger partial charge in [-0.1, -0.05) is 72.8 Å². The summed E-state index contributed by atoms with van der Waals surface area (Å²) in [6, 6.07) is 26.9. The van der Waals surface area contributed by atoms with Gasteiger partial charge in [0, 0.05) is 22.7 Å². The van der Waals surface area contributed by atoms with Gasteiger partial charge in [-0.2, -0.15) is 0 Å². The number of aromatic nitrogens is 2. The predicted octanol–water partition coefficient (Wildman–Crippen LogP) is 4.92. The molecule has 2 heterocycles. The number of pyridine rings is 1. The monoisotopic (exact) mass is 446 g/mol. The van der Waals surface area contributed by atoms with Gasteiger partial charge < -0.3 is 16.0 Å². The number of carbonyl (C=O) groups is 2. The normalized spacial score (nSPS) is 11.6.